The van der Waals surface area contributed by atoms with Crippen molar-refractivity contribution < 1.29 is 4.39 Å². The van der Waals surface area contributed by atoms with Crippen LogP contribution in [0.3, 0.4) is 0 Å². The van der Waals surface area contributed by atoms with E-state index in [-0.39, 0.29) is 5.82 Å². The number of hydrogen-bond donors (Lipinski definition) is 0. The highest BCUT2D eigenvalue weighted by molar-refractivity contribution is 7.16. The molecule has 0 aliphatic heterocycles. The molecule has 1 heterocycles. The predicted octanol–water partition coefficient (Wildman–Crippen LogP) is 4.92. The Labute approximate surface area is 120 Å². The highest BCUT2D eigenvalue weighted by Gasteiger charge is 2.07. The van der Waals surface area contributed by atoms with Gasteiger partial charge in [-0.15, -0.1) is 22.9 Å². The van der Waals surface area contributed by atoms with Crippen molar-refractivity contribution in [3.05, 3.63) is 50.9 Å². The molecule has 0 N–H and O–H groups in total. The third kappa shape index (κ3) is 3.37. The summed E-state index contributed by atoms with van der Waals surface area (Å²) in [5.41, 5.74) is 1.60. The van der Waals surface area contributed by atoms with Crippen LogP contribution < -0.4 is 4.90 Å². The van der Waals surface area contributed by atoms with Crippen LogP contribution in [0.2, 0.25) is 4.34 Å². The van der Waals surface area contributed by atoms with Gasteiger partial charge in [0.1, 0.15) is 5.82 Å². The number of hydrogen-bond acceptors (Lipinski definition) is 2. The minimum absolute atomic E-state index is 0.265. The molecule has 2 rings (SSSR count). The zero-order valence-electron chi connectivity index (χ0n) is 9.79. The van der Waals surface area contributed by atoms with Gasteiger partial charge in [0.25, 0.3) is 0 Å². The first kappa shape index (κ1) is 13.7. The van der Waals surface area contributed by atoms with E-state index in [0.29, 0.717) is 12.4 Å². The van der Waals surface area contributed by atoms with Crippen molar-refractivity contribution in [1.82, 2.24) is 0 Å². The van der Waals surface area contributed by atoms with Gasteiger partial charge < -0.3 is 4.90 Å². The normalized spacial score (nSPS) is 10.7. The second-order valence-electron chi connectivity index (χ2n) is 4.01. The Morgan fingerprint density at radius 3 is 2.67 bits per heavy atom. The first-order valence-corrected chi connectivity index (χ1v) is 7.12. The second kappa shape index (κ2) is 5.91. The van der Waals surface area contributed by atoms with E-state index in [1.807, 2.05) is 30.1 Å². The lowest BCUT2D eigenvalue weighted by molar-refractivity contribution is 0.625. The zero-order valence-corrected chi connectivity index (χ0v) is 12.1. The predicted molar refractivity (Wildman–Crippen MR) is 77.4 cm³/mol. The number of rotatable bonds is 4. The van der Waals surface area contributed by atoms with Gasteiger partial charge in [-0.2, -0.15) is 0 Å². The average molecular weight is 304 g/mol. The molecule has 1 aromatic carbocycles. The van der Waals surface area contributed by atoms with Crippen LogP contribution >= 0.6 is 34.5 Å². The molecule has 0 aliphatic carbocycles. The molecule has 0 fully saturated rings. The fraction of sp³-hybridized carbons (Fsp3) is 0.231. The summed E-state index contributed by atoms with van der Waals surface area (Å²) in [6.45, 7) is 0.697. The highest BCUT2D eigenvalue weighted by Crippen LogP contribution is 2.25. The topological polar surface area (TPSA) is 3.24 Å². The van der Waals surface area contributed by atoms with Crippen LogP contribution in [0.4, 0.5) is 10.1 Å². The Balaban J connectivity index is 2.17. The van der Waals surface area contributed by atoms with Crippen LogP contribution in [0.1, 0.15) is 10.4 Å². The third-order valence-electron chi connectivity index (χ3n) is 2.56. The number of halogens is 3. The third-order valence-corrected chi connectivity index (χ3v) is 4.08. The fourth-order valence-corrected chi connectivity index (χ4v) is 2.99. The van der Waals surface area contributed by atoms with Gasteiger partial charge in [0.05, 0.1) is 10.9 Å². The van der Waals surface area contributed by atoms with E-state index in [4.69, 9.17) is 23.2 Å². The van der Waals surface area contributed by atoms with Crippen molar-refractivity contribution in [2.75, 3.05) is 11.9 Å². The van der Waals surface area contributed by atoms with Crippen molar-refractivity contribution in [3.63, 3.8) is 0 Å². The first-order valence-electron chi connectivity index (χ1n) is 5.39. The van der Waals surface area contributed by atoms with Crippen LogP contribution in [0.15, 0.2) is 30.3 Å². The summed E-state index contributed by atoms with van der Waals surface area (Å²) in [4.78, 5) is 3.11. The largest absolute Gasteiger partial charge is 0.369 e. The molecule has 0 atom stereocenters. The lowest BCUT2D eigenvalue weighted by atomic mass is 10.2. The second-order valence-corrected chi connectivity index (χ2v) is 6.08. The smallest absolute Gasteiger partial charge is 0.125 e. The van der Waals surface area contributed by atoms with Crippen LogP contribution in [-0.4, -0.2) is 7.05 Å². The summed E-state index contributed by atoms with van der Waals surface area (Å²) in [5.74, 6) is 0.0443. The van der Waals surface area contributed by atoms with Gasteiger partial charge in [-0.05, 0) is 35.9 Å². The molecule has 0 aliphatic rings. The van der Waals surface area contributed by atoms with Gasteiger partial charge in [-0.3, -0.25) is 0 Å². The fourth-order valence-electron chi connectivity index (χ4n) is 1.69. The molecule has 0 amide bonds. The summed E-state index contributed by atoms with van der Waals surface area (Å²) < 4.78 is 14.2. The van der Waals surface area contributed by atoms with Crippen LogP contribution in [0.25, 0.3) is 0 Å². The number of benzene rings is 1. The molecule has 0 saturated heterocycles. The van der Waals surface area contributed by atoms with E-state index < -0.39 is 0 Å². The standard InChI is InChI=1S/C13H12Cl2FNS/c1-17(8-12-2-3-13(15)18-12)11-5-9(7-14)4-10(16)6-11/h2-6H,7-8H2,1H3. The molecule has 0 bridgehead atoms. The number of alkyl halides is 1. The molecule has 96 valence electrons. The Hall–Kier alpha value is -0.770. The quantitative estimate of drug-likeness (QED) is 0.725. The lowest BCUT2D eigenvalue weighted by Gasteiger charge is -2.19. The van der Waals surface area contributed by atoms with Crippen molar-refractivity contribution in [2.45, 2.75) is 12.4 Å². The van der Waals surface area contributed by atoms with Crippen molar-refractivity contribution in [1.29, 1.82) is 0 Å². The summed E-state index contributed by atoms with van der Waals surface area (Å²) in [6.07, 6.45) is 0. The highest BCUT2D eigenvalue weighted by atomic mass is 35.5. The average Bonchev–Trinajstić information content (AvgIpc) is 2.73. The van der Waals surface area contributed by atoms with E-state index in [2.05, 4.69) is 0 Å². The molecule has 0 spiro atoms. The first-order chi connectivity index (χ1) is 8.58. The Morgan fingerprint density at radius 2 is 2.06 bits per heavy atom. The van der Waals surface area contributed by atoms with Gasteiger partial charge in [0.15, 0.2) is 0 Å². The SMILES string of the molecule is CN(Cc1ccc(Cl)s1)c1cc(F)cc(CCl)c1. The van der Waals surface area contributed by atoms with E-state index in [1.54, 1.807) is 0 Å². The van der Waals surface area contributed by atoms with Crippen molar-refractivity contribution in [2.24, 2.45) is 0 Å². The lowest BCUT2D eigenvalue weighted by Crippen LogP contribution is -2.15. The van der Waals surface area contributed by atoms with Gasteiger partial charge in [0.2, 0.25) is 0 Å². The van der Waals surface area contributed by atoms with Crippen molar-refractivity contribution in [3.8, 4) is 0 Å². The van der Waals surface area contributed by atoms with Gasteiger partial charge in [0, 0.05) is 23.5 Å². The Bertz CT molecular complexity index is 542. The maximum atomic E-state index is 13.4. The van der Waals surface area contributed by atoms with Crippen LogP contribution in [0, 0.1) is 5.82 Å². The summed E-state index contributed by atoms with van der Waals surface area (Å²) in [7, 11) is 1.92. The maximum Gasteiger partial charge on any atom is 0.125 e. The minimum Gasteiger partial charge on any atom is -0.369 e. The number of nitrogens with zero attached hydrogens (tertiary/aromatic N) is 1. The Morgan fingerprint density at radius 1 is 1.28 bits per heavy atom. The molecule has 2 aromatic rings. The van der Waals surface area contributed by atoms with E-state index in [9.17, 15) is 4.39 Å². The monoisotopic (exact) mass is 303 g/mol. The molecular formula is C13H12Cl2FNS. The maximum absolute atomic E-state index is 13.4. The molecule has 0 radical (unpaired) electrons. The van der Waals surface area contributed by atoms with Crippen molar-refractivity contribution >= 4 is 40.2 Å². The summed E-state index contributed by atoms with van der Waals surface area (Å²) in [6, 6.07) is 8.69. The summed E-state index contributed by atoms with van der Waals surface area (Å²) >= 11 is 13.2. The number of thiophene rings is 1. The molecular weight excluding hydrogens is 292 g/mol. The van der Waals surface area contributed by atoms with Crippen LogP contribution in [-0.2, 0) is 12.4 Å². The van der Waals surface area contributed by atoms with Gasteiger partial charge in [-0.25, -0.2) is 4.39 Å². The molecule has 18 heavy (non-hydrogen) atoms. The Kier molecular flexibility index (Phi) is 4.49. The van der Waals surface area contributed by atoms with E-state index in [0.717, 1.165) is 20.5 Å². The zero-order chi connectivity index (χ0) is 13.1. The molecule has 1 nitrogen and oxygen atoms in total. The van der Waals surface area contributed by atoms with Gasteiger partial charge >= 0.3 is 0 Å². The van der Waals surface area contributed by atoms with Crippen LogP contribution in [0.5, 0.6) is 0 Å². The molecule has 0 unspecified atom stereocenters. The van der Waals surface area contributed by atoms with E-state index >= 15 is 0 Å². The number of anilines is 1. The molecule has 1 aromatic heterocycles. The van der Waals surface area contributed by atoms with E-state index in [1.165, 1.54) is 23.5 Å². The molecule has 0 saturated carbocycles. The minimum atomic E-state index is -0.265. The molecule has 5 heteroatoms. The summed E-state index contributed by atoms with van der Waals surface area (Å²) in [5, 5.41) is 0. The van der Waals surface area contributed by atoms with Gasteiger partial charge in [-0.1, -0.05) is 11.6 Å².